The molecule has 1 aliphatic heterocycles. The van der Waals surface area contributed by atoms with E-state index in [1.165, 1.54) is 17.4 Å². The van der Waals surface area contributed by atoms with Crippen LogP contribution in [0.1, 0.15) is 29.0 Å². The highest BCUT2D eigenvalue weighted by Crippen LogP contribution is 2.35. The lowest BCUT2D eigenvalue weighted by Gasteiger charge is -2.25. The van der Waals surface area contributed by atoms with E-state index in [1.807, 2.05) is 18.2 Å². The van der Waals surface area contributed by atoms with Gasteiger partial charge in [0, 0.05) is 35.5 Å². The fourth-order valence-corrected chi connectivity index (χ4v) is 6.06. The normalized spacial score (nSPS) is 17.8. The van der Waals surface area contributed by atoms with Crippen LogP contribution in [0.2, 0.25) is 5.02 Å². The smallest absolute Gasteiger partial charge is 0.250 e. The fourth-order valence-electron chi connectivity index (χ4n) is 2.94. The summed E-state index contributed by atoms with van der Waals surface area (Å²) in [5.41, 5.74) is 1.63. The van der Waals surface area contributed by atoms with Gasteiger partial charge in [-0.2, -0.15) is 4.31 Å². The summed E-state index contributed by atoms with van der Waals surface area (Å²) in [7, 11) is -3.19. The summed E-state index contributed by atoms with van der Waals surface area (Å²) in [6, 6.07) is 7.25. The van der Waals surface area contributed by atoms with Gasteiger partial charge in [-0.25, -0.2) is 13.4 Å². The molecule has 1 fully saturated rings. The van der Waals surface area contributed by atoms with E-state index in [-0.39, 0.29) is 11.2 Å². The van der Waals surface area contributed by atoms with Crippen LogP contribution in [0.5, 0.6) is 0 Å². The Morgan fingerprint density at radius 1 is 1.33 bits per heavy atom. The number of aromatic nitrogens is 1. The Balaban J connectivity index is 1.42. The molecule has 0 radical (unpaired) electrons. The monoisotopic (exact) mass is 423 g/mol. The van der Waals surface area contributed by atoms with Gasteiger partial charge in [0.05, 0.1) is 10.9 Å². The first kappa shape index (κ1) is 18.6. The molecule has 0 bridgehead atoms. The van der Waals surface area contributed by atoms with E-state index in [1.54, 1.807) is 16.4 Å². The number of rotatable bonds is 5. The topological polar surface area (TPSA) is 79.4 Å². The van der Waals surface area contributed by atoms with Crippen LogP contribution in [0, 0.1) is 0 Å². The molecule has 2 heterocycles. The Labute approximate surface area is 166 Å². The number of hydrogen-bond donors (Lipinski definition) is 1. The SMILES string of the molecule is O=C(/C=C/c1ccccc1Cl)Nc1nc2c(s1)CN(S(=O)(=O)C1CC1)CC2. The van der Waals surface area contributed by atoms with E-state index in [0.717, 1.165) is 29.0 Å². The molecule has 1 aliphatic carbocycles. The summed E-state index contributed by atoms with van der Waals surface area (Å²) in [4.78, 5) is 17.5. The second-order valence-corrected chi connectivity index (χ2v) is 10.3. The number of carbonyl (C=O) groups is 1. The quantitative estimate of drug-likeness (QED) is 0.748. The third-order valence-electron chi connectivity index (χ3n) is 4.55. The maximum absolute atomic E-state index is 12.4. The zero-order valence-corrected chi connectivity index (χ0v) is 16.8. The van der Waals surface area contributed by atoms with Crippen molar-refractivity contribution in [2.45, 2.75) is 31.1 Å². The first-order chi connectivity index (χ1) is 12.9. The third kappa shape index (κ3) is 4.08. The Hall–Kier alpha value is -1.74. The van der Waals surface area contributed by atoms with Gasteiger partial charge in [0.2, 0.25) is 15.9 Å². The number of anilines is 1. The number of thiazole rings is 1. The van der Waals surface area contributed by atoms with Crippen molar-refractivity contribution in [1.29, 1.82) is 0 Å². The Morgan fingerprint density at radius 2 is 2.11 bits per heavy atom. The van der Waals surface area contributed by atoms with Crippen LogP contribution in [-0.2, 0) is 27.8 Å². The largest absolute Gasteiger partial charge is 0.298 e. The second kappa shape index (κ2) is 7.35. The number of hydrogen-bond acceptors (Lipinski definition) is 5. The van der Waals surface area contributed by atoms with Crippen LogP contribution in [0.25, 0.3) is 6.08 Å². The molecule has 0 spiro atoms. The Bertz CT molecular complexity index is 1010. The van der Waals surface area contributed by atoms with Gasteiger partial charge >= 0.3 is 0 Å². The van der Waals surface area contributed by atoms with Gasteiger partial charge in [-0.1, -0.05) is 29.8 Å². The number of amides is 1. The molecule has 0 saturated heterocycles. The minimum atomic E-state index is -3.19. The zero-order chi connectivity index (χ0) is 19.0. The van der Waals surface area contributed by atoms with E-state index in [2.05, 4.69) is 10.3 Å². The van der Waals surface area contributed by atoms with Gasteiger partial charge in [0.25, 0.3) is 0 Å². The number of carbonyl (C=O) groups excluding carboxylic acids is 1. The minimum Gasteiger partial charge on any atom is -0.298 e. The number of nitrogens with one attached hydrogen (secondary N) is 1. The number of benzene rings is 1. The average molecular weight is 424 g/mol. The third-order valence-corrected chi connectivity index (χ3v) is 8.24. The first-order valence-electron chi connectivity index (χ1n) is 8.64. The molecule has 1 aromatic carbocycles. The maximum Gasteiger partial charge on any atom is 0.250 e. The maximum atomic E-state index is 12.4. The number of nitrogens with zero attached hydrogens (tertiary/aromatic N) is 2. The average Bonchev–Trinajstić information content (AvgIpc) is 3.42. The van der Waals surface area contributed by atoms with Crippen molar-refractivity contribution in [2.24, 2.45) is 0 Å². The highest BCUT2D eigenvalue weighted by molar-refractivity contribution is 7.90. The summed E-state index contributed by atoms with van der Waals surface area (Å²) < 4.78 is 26.4. The summed E-state index contributed by atoms with van der Waals surface area (Å²) in [5, 5.41) is 3.60. The van der Waals surface area contributed by atoms with Gasteiger partial charge in [0.1, 0.15) is 0 Å². The predicted molar refractivity (Wildman–Crippen MR) is 107 cm³/mol. The Kier molecular flexibility index (Phi) is 5.07. The summed E-state index contributed by atoms with van der Waals surface area (Å²) >= 11 is 7.40. The molecule has 142 valence electrons. The lowest BCUT2D eigenvalue weighted by Crippen LogP contribution is -2.37. The van der Waals surface area contributed by atoms with Crippen LogP contribution in [0.15, 0.2) is 30.3 Å². The summed E-state index contributed by atoms with van der Waals surface area (Å²) in [5.74, 6) is -0.302. The number of halogens is 1. The summed E-state index contributed by atoms with van der Waals surface area (Å²) in [6.07, 6.45) is 5.14. The van der Waals surface area contributed by atoms with Crippen molar-refractivity contribution in [1.82, 2.24) is 9.29 Å². The Morgan fingerprint density at radius 3 is 2.85 bits per heavy atom. The lowest BCUT2D eigenvalue weighted by atomic mass is 10.2. The molecule has 27 heavy (non-hydrogen) atoms. The second-order valence-electron chi connectivity index (χ2n) is 6.56. The van der Waals surface area contributed by atoms with Crippen molar-refractivity contribution < 1.29 is 13.2 Å². The zero-order valence-electron chi connectivity index (χ0n) is 14.4. The minimum absolute atomic E-state index is 0.207. The van der Waals surface area contributed by atoms with Crippen LogP contribution in [0.4, 0.5) is 5.13 Å². The van der Waals surface area contributed by atoms with Crippen molar-refractivity contribution in [3.8, 4) is 0 Å². The van der Waals surface area contributed by atoms with E-state index >= 15 is 0 Å². The van der Waals surface area contributed by atoms with Crippen molar-refractivity contribution in [3.63, 3.8) is 0 Å². The molecule has 1 saturated carbocycles. The molecule has 0 unspecified atom stereocenters. The molecule has 1 aromatic heterocycles. The van der Waals surface area contributed by atoms with E-state index in [4.69, 9.17) is 11.6 Å². The van der Waals surface area contributed by atoms with E-state index in [9.17, 15) is 13.2 Å². The fraction of sp³-hybridized carbons (Fsp3) is 0.333. The molecule has 6 nitrogen and oxygen atoms in total. The number of sulfonamides is 1. The van der Waals surface area contributed by atoms with Gasteiger partial charge in [-0.05, 0) is 30.5 Å². The lowest BCUT2D eigenvalue weighted by molar-refractivity contribution is -0.111. The standard InChI is InChI=1S/C18H18ClN3O3S2/c19-14-4-2-1-3-12(14)5-8-17(23)21-18-20-15-9-10-22(11-16(15)26-18)27(24,25)13-6-7-13/h1-5,8,13H,6-7,9-11H2,(H,20,21,23)/b8-5+. The predicted octanol–water partition coefficient (Wildman–Crippen LogP) is 3.30. The molecule has 1 amide bonds. The van der Waals surface area contributed by atoms with Gasteiger partial charge in [-0.15, -0.1) is 11.3 Å². The molecule has 2 aromatic rings. The summed E-state index contributed by atoms with van der Waals surface area (Å²) in [6.45, 7) is 0.798. The molecule has 0 atom stereocenters. The van der Waals surface area contributed by atoms with Crippen molar-refractivity contribution in [2.75, 3.05) is 11.9 Å². The molecule has 4 rings (SSSR count). The molecular weight excluding hydrogens is 406 g/mol. The van der Waals surface area contributed by atoms with Crippen molar-refractivity contribution in [3.05, 3.63) is 51.5 Å². The van der Waals surface area contributed by atoms with Crippen LogP contribution in [-0.4, -0.2) is 35.4 Å². The molecule has 9 heteroatoms. The highest BCUT2D eigenvalue weighted by atomic mass is 35.5. The van der Waals surface area contributed by atoms with Gasteiger partial charge < -0.3 is 0 Å². The van der Waals surface area contributed by atoms with Crippen LogP contribution >= 0.6 is 22.9 Å². The van der Waals surface area contributed by atoms with Crippen molar-refractivity contribution >= 4 is 50.1 Å². The van der Waals surface area contributed by atoms with Gasteiger partial charge in [-0.3, -0.25) is 10.1 Å². The van der Waals surface area contributed by atoms with E-state index in [0.29, 0.717) is 29.7 Å². The molecule has 2 aliphatic rings. The highest BCUT2D eigenvalue weighted by Gasteiger charge is 2.41. The number of fused-ring (bicyclic) bond motifs is 1. The van der Waals surface area contributed by atoms with E-state index < -0.39 is 10.0 Å². The van der Waals surface area contributed by atoms with Gasteiger partial charge in [0.15, 0.2) is 5.13 Å². The van der Waals surface area contributed by atoms with Crippen LogP contribution in [0.3, 0.4) is 0 Å². The first-order valence-corrected chi connectivity index (χ1v) is 11.3. The van der Waals surface area contributed by atoms with Crippen LogP contribution < -0.4 is 5.32 Å². The molecule has 1 N–H and O–H groups in total. The molecular formula is C18H18ClN3O3S2.